The zero-order chi connectivity index (χ0) is 18.8. The summed E-state index contributed by atoms with van der Waals surface area (Å²) >= 11 is 0.969. The molecule has 136 valence electrons. The van der Waals surface area contributed by atoms with Crippen LogP contribution in [-0.4, -0.2) is 18.6 Å². The highest BCUT2D eigenvalue weighted by Gasteiger charge is 2.30. The first-order valence-corrected chi connectivity index (χ1v) is 9.60. The first-order chi connectivity index (χ1) is 12.2. The molecule has 5 nitrogen and oxygen atoms in total. The summed E-state index contributed by atoms with van der Waals surface area (Å²) < 4.78 is 65.0. The van der Waals surface area contributed by atoms with Crippen LogP contribution in [0.3, 0.4) is 0 Å². The largest absolute Gasteiger partial charge is 0.416 e. The molecule has 3 rings (SSSR count). The summed E-state index contributed by atoms with van der Waals surface area (Å²) in [5.41, 5.74) is -0.335. The SMILES string of the molecule is O=S(=O)(Nc1nnc(Cc2cccc(C(F)(F)F)c2)s1)c1ccccc1. The standard InChI is InChI=1S/C16H12F3N3O2S2/c17-16(18,19)12-6-4-5-11(9-12)10-14-20-21-15(25-14)22-26(23,24)13-7-2-1-3-8-13/h1-9H,10H2,(H,21,22). The van der Waals surface area contributed by atoms with Gasteiger partial charge in [-0.2, -0.15) is 13.2 Å². The average molecular weight is 399 g/mol. The molecule has 0 aliphatic carbocycles. The monoisotopic (exact) mass is 399 g/mol. The van der Waals surface area contributed by atoms with Gasteiger partial charge in [-0.3, -0.25) is 4.72 Å². The number of halogens is 3. The second-order valence-electron chi connectivity index (χ2n) is 5.29. The second kappa shape index (κ2) is 7.04. The van der Waals surface area contributed by atoms with Gasteiger partial charge in [0.2, 0.25) is 5.13 Å². The molecule has 0 unspecified atom stereocenters. The molecule has 0 bridgehead atoms. The number of alkyl halides is 3. The van der Waals surface area contributed by atoms with E-state index in [-0.39, 0.29) is 16.4 Å². The van der Waals surface area contributed by atoms with Gasteiger partial charge in [-0.15, -0.1) is 10.2 Å². The van der Waals surface area contributed by atoms with Crippen LogP contribution in [0, 0.1) is 0 Å². The van der Waals surface area contributed by atoms with Crippen molar-refractivity contribution in [2.75, 3.05) is 4.72 Å². The maximum atomic E-state index is 12.8. The van der Waals surface area contributed by atoms with Crippen LogP contribution in [0.5, 0.6) is 0 Å². The quantitative estimate of drug-likeness (QED) is 0.705. The van der Waals surface area contributed by atoms with E-state index in [2.05, 4.69) is 14.9 Å². The third kappa shape index (κ3) is 4.38. The van der Waals surface area contributed by atoms with Crippen LogP contribution in [0.25, 0.3) is 0 Å². The molecule has 1 N–H and O–H groups in total. The molecular weight excluding hydrogens is 387 g/mol. The lowest BCUT2D eigenvalue weighted by molar-refractivity contribution is -0.137. The molecule has 0 saturated heterocycles. The van der Waals surface area contributed by atoms with E-state index in [1.165, 1.54) is 18.2 Å². The maximum absolute atomic E-state index is 12.8. The molecule has 1 aromatic heterocycles. The van der Waals surface area contributed by atoms with Crippen LogP contribution in [0.4, 0.5) is 18.3 Å². The number of nitrogens with one attached hydrogen (secondary N) is 1. The average Bonchev–Trinajstić information content (AvgIpc) is 3.01. The smallest absolute Gasteiger partial charge is 0.253 e. The fourth-order valence-corrected chi connectivity index (χ4v) is 4.20. The Morgan fingerprint density at radius 1 is 1.00 bits per heavy atom. The fraction of sp³-hybridized carbons (Fsp3) is 0.125. The summed E-state index contributed by atoms with van der Waals surface area (Å²) in [4.78, 5) is 0.0784. The summed E-state index contributed by atoms with van der Waals surface area (Å²) in [5, 5.41) is 8.04. The normalized spacial score (nSPS) is 12.1. The summed E-state index contributed by atoms with van der Waals surface area (Å²) in [5.74, 6) is 0. The third-order valence-electron chi connectivity index (χ3n) is 3.35. The van der Waals surface area contributed by atoms with E-state index in [0.717, 1.165) is 23.5 Å². The number of nitrogens with zero attached hydrogens (tertiary/aromatic N) is 2. The van der Waals surface area contributed by atoms with Crippen molar-refractivity contribution in [2.45, 2.75) is 17.5 Å². The van der Waals surface area contributed by atoms with E-state index < -0.39 is 21.8 Å². The van der Waals surface area contributed by atoms with Gasteiger partial charge in [0.05, 0.1) is 10.5 Å². The molecule has 0 amide bonds. The van der Waals surface area contributed by atoms with Crippen molar-refractivity contribution in [3.63, 3.8) is 0 Å². The highest BCUT2D eigenvalue weighted by atomic mass is 32.2. The van der Waals surface area contributed by atoms with Crippen LogP contribution in [0.2, 0.25) is 0 Å². The number of sulfonamides is 1. The Morgan fingerprint density at radius 2 is 1.73 bits per heavy atom. The highest BCUT2D eigenvalue weighted by Crippen LogP contribution is 2.30. The number of aromatic nitrogens is 2. The predicted octanol–water partition coefficient (Wildman–Crippen LogP) is 3.95. The second-order valence-corrected chi connectivity index (χ2v) is 8.04. The van der Waals surface area contributed by atoms with E-state index in [9.17, 15) is 21.6 Å². The Balaban J connectivity index is 1.75. The fourth-order valence-electron chi connectivity index (χ4n) is 2.17. The molecule has 0 fully saturated rings. The number of anilines is 1. The van der Waals surface area contributed by atoms with Gasteiger partial charge >= 0.3 is 6.18 Å². The molecule has 0 atom stereocenters. The minimum Gasteiger partial charge on any atom is -0.253 e. The zero-order valence-corrected chi connectivity index (χ0v) is 14.7. The van der Waals surface area contributed by atoms with E-state index in [1.54, 1.807) is 24.3 Å². The minimum atomic E-state index is -4.42. The van der Waals surface area contributed by atoms with Gasteiger partial charge in [0.25, 0.3) is 10.0 Å². The predicted molar refractivity (Wildman–Crippen MR) is 91.4 cm³/mol. The highest BCUT2D eigenvalue weighted by molar-refractivity contribution is 7.93. The van der Waals surface area contributed by atoms with Crippen molar-refractivity contribution >= 4 is 26.5 Å². The Bertz CT molecular complexity index is 1000. The molecule has 26 heavy (non-hydrogen) atoms. The van der Waals surface area contributed by atoms with Gasteiger partial charge < -0.3 is 0 Å². The van der Waals surface area contributed by atoms with Crippen molar-refractivity contribution in [3.8, 4) is 0 Å². The Morgan fingerprint density at radius 3 is 2.42 bits per heavy atom. The molecule has 0 saturated carbocycles. The molecule has 3 aromatic rings. The molecule has 0 radical (unpaired) electrons. The van der Waals surface area contributed by atoms with Gasteiger partial charge in [0.15, 0.2) is 0 Å². The Labute approximate surface area is 151 Å². The number of rotatable bonds is 5. The number of hydrogen-bond donors (Lipinski definition) is 1. The Kier molecular flexibility index (Phi) is 4.97. The van der Waals surface area contributed by atoms with Crippen LogP contribution in [0.15, 0.2) is 59.5 Å². The van der Waals surface area contributed by atoms with Crippen molar-refractivity contribution in [3.05, 3.63) is 70.7 Å². The summed E-state index contributed by atoms with van der Waals surface area (Å²) in [6, 6.07) is 12.6. The van der Waals surface area contributed by atoms with E-state index in [4.69, 9.17) is 0 Å². The summed E-state index contributed by atoms with van der Waals surface area (Å²) in [6.07, 6.45) is -4.30. The molecular formula is C16H12F3N3O2S2. The van der Waals surface area contributed by atoms with Crippen LogP contribution in [0.1, 0.15) is 16.1 Å². The van der Waals surface area contributed by atoms with Gasteiger partial charge in [-0.1, -0.05) is 47.7 Å². The summed E-state index contributed by atoms with van der Waals surface area (Å²) in [7, 11) is -3.79. The van der Waals surface area contributed by atoms with Gasteiger partial charge in [-0.25, -0.2) is 8.42 Å². The molecule has 10 heteroatoms. The van der Waals surface area contributed by atoms with Crippen LogP contribution < -0.4 is 4.72 Å². The molecule has 0 spiro atoms. The van der Waals surface area contributed by atoms with Crippen LogP contribution in [-0.2, 0) is 22.6 Å². The van der Waals surface area contributed by atoms with Crippen molar-refractivity contribution in [2.24, 2.45) is 0 Å². The summed E-state index contributed by atoms with van der Waals surface area (Å²) in [6.45, 7) is 0. The van der Waals surface area contributed by atoms with Crippen molar-refractivity contribution in [1.29, 1.82) is 0 Å². The zero-order valence-electron chi connectivity index (χ0n) is 13.1. The van der Waals surface area contributed by atoms with E-state index in [1.807, 2.05) is 0 Å². The van der Waals surface area contributed by atoms with Crippen molar-refractivity contribution in [1.82, 2.24) is 10.2 Å². The third-order valence-corrected chi connectivity index (χ3v) is 5.67. The minimum absolute atomic E-state index is 0.0517. The number of benzene rings is 2. The van der Waals surface area contributed by atoms with Crippen molar-refractivity contribution < 1.29 is 21.6 Å². The lowest BCUT2D eigenvalue weighted by Gasteiger charge is -2.07. The Hall–Kier alpha value is -2.46. The number of hydrogen-bond acceptors (Lipinski definition) is 5. The lowest BCUT2D eigenvalue weighted by Crippen LogP contribution is -2.12. The van der Waals surface area contributed by atoms with Gasteiger partial charge in [0, 0.05) is 6.42 Å². The van der Waals surface area contributed by atoms with Gasteiger partial charge in [-0.05, 0) is 23.8 Å². The lowest BCUT2D eigenvalue weighted by atomic mass is 10.1. The first kappa shape index (κ1) is 18.3. The maximum Gasteiger partial charge on any atom is 0.416 e. The van der Waals surface area contributed by atoms with Gasteiger partial charge in [0.1, 0.15) is 5.01 Å². The van der Waals surface area contributed by atoms with E-state index >= 15 is 0 Å². The van der Waals surface area contributed by atoms with E-state index in [0.29, 0.717) is 10.6 Å². The van der Waals surface area contributed by atoms with Crippen LogP contribution >= 0.6 is 11.3 Å². The molecule has 2 aromatic carbocycles. The molecule has 0 aliphatic heterocycles. The topological polar surface area (TPSA) is 72.0 Å². The molecule has 0 aliphatic rings. The molecule has 1 heterocycles. The first-order valence-electron chi connectivity index (χ1n) is 7.30.